The molecule has 2 nitrogen and oxygen atoms in total. The van der Waals surface area contributed by atoms with Crippen LogP contribution in [0.1, 0.15) is 0 Å². The van der Waals surface area contributed by atoms with E-state index in [4.69, 9.17) is 0 Å². The Morgan fingerprint density at radius 3 is 2.00 bits per heavy atom. The van der Waals surface area contributed by atoms with Gasteiger partial charge in [-0.2, -0.15) is 8.75 Å². The van der Waals surface area contributed by atoms with Crippen molar-refractivity contribution >= 4 is 50.0 Å². The number of benzene rings is 1. The maximum atomic E-state index is 12.5. The molecular formula is C10H5BrF2N2S2. The van der Waals surface area contributed by atoms with Gasteiger partial charge in [0.1, 0.15) is 11.0 Å². The van der Waals surface area contributed by atoms with E-state index in [1.54, 1.807) is 11.3 Å². The lowest BCUT2D eigenvalue weighted by Gasteiger charge is -1.89. The van der Waals surface area contributed by atoms with Crippen molar-refractivity contribution in [1.82, 2.24) is 8.75 Å². The van der Waals surface area contributed by atoms with Crippen LogP contribution in [0.25, 0.3) is 11.0 Å². The molecule has 3 aromatic rings. The molecule has 17 heavy (non-hydrogen) atoms. The molecule has 0 bridgehead atoms. The maximum Gasteiger partial charge on any atom is 0.161 e. The first-order valence-corrected chi connectivity index (χ1v) is 6.83. The Hall–Kier alpha value is -0.920. The molecule has 88 valence electrons. The molecule has 0 amide bonds. The molecule has 2 heterocycles. The maximum absolute atomic E-state index is 12.5. The van der Waals surface area contributed by atoms with Gasteiger partial charge in [-0.1, -0.05) is 6.07 Å². The number of fused-ring (bicyclic) bond motifs is 1. The number of aromatic nitrogens is 2. The van der Waals surface area contributed by atoms with Crippen molar-refractivity contribution in [3.8, 4) is 0 Å². The lowest BCUT2D eigenvalue weighted by Crippen LogP contribution is -1.82. The number of nitrogens with zero attached hydrogens (tertiary/aromatic N) is 2. The average molecular weight is 335 g/mol. The first-order chi connectivity index (χ1) is 8.16. The lowest BCUT2D eigenvalue weighted by molar-refractivity contribution is 0.510. The van der Waals surface area contributed by atoms with Gasteiger partial charge in [0.05, 0.1) is 15.5 Å². The van der Waals surface area contributed by atoms with Crippen LogP contribution in [-0.2, 0) is 0 Å². The normalized spacial score (nSPS) is 10.1. The van der Waals surface area contributed by atoms with Crippen LogP contribution < -0.4 is 0 Å². The molecule has 3 rings (SSSR count). The second kappa shape index (κ2) is 5.61. The van der Waals surface area contributed by atoms with E-state index in [-0.39, 0.29) is 0 Å². The summed E-state index contributed by atoms with van der Waals surface area (Å²) < 4.78 is 33.7. The van der Waals surface area contributed by atoms with Crippen LogP contribution in [0, 0.1) is 11.6 Å². The molecule has 0 saturated carbocycles. The topological polar surface area (TPSA) is 25.8 Å². The zero-order chi connectivity index (χ0) is 12.3. The summed E-state index contributed by atoms with van der Waals surface area (Å²) in [4.78, 5) is 0. The van der Waals surface area contributed by atoms with E-state index < -0.39 is 11.6 Å². The summed E-state index contributed by atoms with van der Waals surface area (Å²) >= 11 is 5.93. The number of rotatable bonds is 0. The average Bonchev–Trinajstić information content (AvgIpc) is 2.91. The van der Waals surface area contributed by atoms with Gasteiger partial charge in [-0.15, -0.1) is 11.3 Å². The molecule has 0 spiro atoms. The van der Waals surface area contributed by atoms with Gasteiger partial charge < -0.3 is 0 Å². The molecular weight excluding hydrogens is 330 g/mol. The summed E-state index contributed by atoms with van der Waals surface area (Å²) in [6.45, 7) is 0. The van der Waals surface area contributed by atoms with Crippen LogP contribution in [0.4, 0.5) is 8.78 Å². The second-order valence-corrected chi connectivity index (χ2v) is 5.79. The molecule has 0 aliphatic rings. The van der Waals surface area contributed by atoms with E-state index in [1.807, 2.05) is 17.5 Å². The summed E-state index contributed by atoms with van der Waals surface area (Å²) in [5.41, 5.74) is 0.794. The van der Waals surface area contributed by atoms with Crippen LogP contribution in [-0.4, -0.2) is 8.75 Å². The summed E-state index contributed by atoms with van der Waals surface area (Å²) in [5, 5.41) is 2.03. The Morgan fingerprint density at radius 2 is 1.65 bits per heavy atom. The predicted molar refractivity (Wildman–Crippen MR) is 69.4 cm³/mol. The molecule has 2 aromatic heterocycles. The Kier molecular flexibility index (Phi) is 4.14. The van der Waals surface area contributed by atoms with Gasteiger partial charge in [-0.25, -0.2) is 8.78 Å². The summed E-state index contributed by atoms with van der Waals surface area (Å²) in [5.74, 6) is -1.77. The Labute approximate surface area is 112 Å². The van der Waals surface area contributed by atoms with E-state index in [1.165, 1.54) is 3.79 Å². The third-order valence-electron chi connectivity index (χ3n) is 1.78. The second-order valence-electron chi connectivity index (χ2n) is 2.94. The van der Waals surface area contributed by atoms with Gasteiger partial charge in [0, 0.05) is 12.1 Å². The SMILES string of the molecule is Brc1cccs1.Fc1cc2nsnc2cc1F. The predicted octanol–water partition coefficient (Wildman–Crippen LogP) is 4.48. The molecule has 0 aliphatic heterocycles. The third-order valence-corrected chi connectivity index (χ3v) is 3.82. The van der Waals surface area contributed by atoms with Crippen LogP contribution >= 0.6 is 39.0 Å². The standard InChI is InChI=1S/C6H2F2N2S.C4H3BrS/c7-3-1-5-6(2-4(3)8)10-11-9-5;5-4-2-1-3-6-4/h1-2H;1-3H. The van der Waals surface area contributed by atoms with Gasteiger partial charge >= 0.3 is 0 Å². The van der Waals surface area contributed by atoms with E-state index in [9.17, 15) is 8.78 Å². The Bertz CT molecular complexity index is 574. The van der Waals surface area contributed by atoms with Crippen molar-refractivity contribution in [3.63, 3.8) is 0 Å². The number of thiophene rings is 1. The highest BCUT2D eigenvalue weighted by molar-refractivity contribution is 9.11. The molecule has 0 unspecified atom stereocenters. The van der Waals surface area contributed by atoms with E-state index in [0.29, 0.717) is 11.0 Å². The molecule has 0 atom stereocenters. The zero-order valence-electron chi connectivity index (χ0n) is 8.23. The number of hydrogen-bond acceptors (Lipinski definition) is 4. The van der Waals surface area contributed by atoms with Gasteiger partial charge in [0.2, 0.25) is 0 Å². The van der Waals surface area contributed by atoms with Crippen LogP contribution in [0.5, 0.6) is 0 Å². The third kappa shape index (κ3) is 3.27. The molecule has 0 N–H and O–H groups in total. The summed E-state index contributed by atoms with van der Waals surface area (Å²) in [6.07, 6.45) is 0. The fraction of sp³-hybridized carbons (Fsp3) is 0. The fourth-order valence-electron chi connectivity index (χ4n) is 1.04. The lowest BCUT2D eigenvalue weighted by atomic mass is 10.3. The monoisotopic (exact) mass is 334 g/mol. The molecule has 0 radical (unpaired) electrons. The van der Waals surface area contributed by atoms with Crippen molar-refractivity contribution in [3.05, 3.63) is 45.1 Å². The molecule has 0 aliphatic carbocycles. The Balaban J connectivity index is 0.000000153. The minimum atomic E-state index is -0.884. The minimum Gasteiger partial charge on any atom is -0.204 e. The highest BCUT2D eigenvalue weighted by Crippen LogP contribution is 2.15. The number of halogens is 3. The molecule has 0 saturated heterocycles. The highest BCUT2D eigenvalue weighted by Gasteiger charge is 2.05. The highest BCUT2D eigenvalue weighted by atomic mass is 79.9. The zero-order valence-corrected chi connectivity index (χ0v) is 11.5. The van der Waals surface area contributed by atoms with E-state index in [2.05, 4.69) is 24.7 Å². The minimum absolute atomic E-state index is 0.397. The van der Waals surface area contributed by atoms with Gasteiger partial charge in [0.15, 0.2) is 11.6 Å². The van der Waals surface area contributed by atoms with Crippen molar-refractivity contribution in [2.75, 3.05) is 0 Å². The first-order valence-electron chi connectivity index (χ1n) is 4.43. The summed E-state index contributed by atoms with van der Waals surface area (Å²) in [6, 6.07) is 6.10. The molecule has 0 fully saturated rings. The van der Waals surface area contributed by atoms with Gasteiger partial charge in [-0.3, -0.25) is 0 Å². The van der Waals surface area contributed by atoms with Gasteiger partial charge in [0.25, 0.3) is 0 Å². The van der Waals surface area contributed by atoms with Crippen LogP contribution in [0.3, 0.4) is 0 Å². The number of hydrogen-bond donors (Lipinski definition) is 0. The van der Waals surface area contributed by atoms with E-state index >= 15 is 0 Å². The fourth-order valence-corrected chi connectivity index (χ4v) is 2.47. The molecule has 1 aromatic carbocycles. The quantitative estimate of drug-likeness (QED) is 0.605. The van der Waals surface area contributed by atoms with Crippen molar-refractivity contribution < 1.29 is 8.78 Å². The Morgan fingerprint density at radius 1 is 1.06 bits per heavy atom. The van der Waals surface area contributed by atoms with Gasteiger partial charge in [-0.05, 0) is 27.4 Å². The molecule has 7 heteroatoms. The first kappa shape index (κ1) is 12.5. The van der Waals surface area contributed by atoms with E-state index in [0.717, 1.165) is 23.9 Å². The van der Waals surface area contributed by atoms with Crippen LogP contribution in [0.2, 0.25) is 0 Å². The summed E-state index contributed by atoms with van der Waals surface area (Å²) in [7, 11) is 0. The van der Waals surface area contributed by atoms with Crippen molar-refractivity contribution in [1.29, 1.82) is 0 Å². The van der Waals surface area contributed by atoms with Crippen molar-refractivity contribution in [2.45, 2.75) is 0 Å². The largest absolute Gasteiger partial charge is 0.204 e. The smallest absolute Gasteiger partial charge is 0.161 e. The van der Waals surface area contributed by atoms with Crippen molar-refractivity contribution in [2.24, 2.45) is 0 Å². The van der Waals surface area contributed by atoms with Crippen LogP contribution in [0.15, 0.2) is 33.4 Å².